The highest BCUT2D eigenvalue weighted by Gasteiger charge is 2.31. The van der Waals surface area contributed by atoms with Gasteiger partial charge in [-0.1, -0.05) is 24.1 Å². The van der Waals surface area contributed by atoms with Gasteiger partial charge in [0.15, 0.2) is 0 Å². The normalized spacial score (nSPS) is 27.6. The van der Waals surface area contributed by atoms with Crippen LogP contribution < -0.4 is 5.32 Å². The maximum atomic E-state index is 6.16. The van der Waals surface area contributed by atoms with E-state index in [1.165, 1.54) is 44.2 Å². The molecule has 0 radical (unpaired) electrons. The van der Waals surface area contributed by atoms with Gasteiger partial charge in [0.2, 0.25) is 0 Å². The summed E-state index contributed by atoms with van der Waals surface area (Å²) in [7, 11) is 2.27. The van der Waals surface area contributed by atoms with Crippen molar-refractivity contribution in [3.05, 3.63) is 33.3 Å². The van der Waals surface area contributed by atoms with Crippen molar-refractivity contribution in [3.63, 3.8) is 0 Å². The van der Waals surface area contributed by atoms with Crippen LogP contribution in [0.1, 0.15) is 43.7 Å². The fraction of sp³-hybridized carbons (Fsp3) is 0.647. The Morgan fingerprint density at radius 1 is 1.29 bits per heavy atom. The summed E-state index contributed by atoms with van der Waals surface area (Å²) in [6.45, 7) is 2.32. The standard InChI is InChI=1S/C17H24BrClN2/c1-21-9-3-2-4-13(11-20-14-6-7-14)17(21)12-5-8-16(19)15(18)10-12/h5,8,10,13-14,17,20H,2-4,6-7,9,11H2,1H3. The summed E-state index contributed by atoms with van der Waals surface area (Å²) in [5.41, 5.74) is 1.39. The second-order valence-electron chi connectivity index (χ2n) is 6.54. The van der Waals surface area contributed by atoms with E-state index in [-0.39, 0.29) is 0 Å². The molecule has 2 aliphatic rings. The van der Waals surface area contributed by atoms with Gasteiger partial charge in [-0.05, 0) is 78.8 Å². The van der Waals surface area contributed by atoms with Crippen molar-refractivity contribution in [2.75, 3.05) is 20.1 Å². The fourth-order valence-corrected chi connectivity index (χ4v) is 3.98. The van der Waals surface area contributed by atoms with E-state index in [9.17, 15) is 0 Å². The lowest BCUT2D eigenvalue weighted by molar-refractivity contribution is 0.188. The molecule has 1 heterocycles. The lowest BCUT2D eigenvalue weighted by Gasteiger charge is -2.33. The van der Waals surface area contributed by atoms with Crippen LogP contribution in [0.5, 0.6) is 0 Å². The average Bonchev–Trinajstić information content (AvgIpc) is 3.28. The summed E-state index contributed by atoms with van der Waals surface area (Å²) >= 11 is 9.74. The van der Waals surface area contributed by atoms with Gasteiger partial charge in [0.25, 0.3) is 0 Å². The van der Waals surface area contributed by atoms with E-state index in [0.717, 1.165) is 22.1 Å². The van der Waals surface area contributed by atoms with Gasteiger partial charge in [-0.2, -0.15) is 0 Å². The molecular formula is C17H24BrClN2. The summed E-state index contributed by atoms with van der Waals surface area (Å²) in [6.07, 6.45) is 6.68. The van der Waals surface area contributed by atoms with Gasteiger partial charge in [-0.15, -0.1) is 0 Å². The van der Waals surface area contributed by atoms with Crippen LogP contribution in [0.4, 0.5) is 0 Å². The number of nitrogens with zero attached hydrogens (tertiary/aromatic N) is 1. The lowest BCUT2D eigenvalue weighted by atomic mass is 9.89. The second kappa shape index (κ2) is 6.99. The highest BCUT2D eigenvalue weighted by atomic mass is 79.9. The van der Waals surface area contributed by atoms with Crippen molar-refractivity contribution >= 4 is 27.5 Å². The number of nitrogens with one attached hydrogen (secondary N) is 1. The zero-order valence-electron chi connectivity index (χ0n) is 12.6. The first-order chi connectivity index (χ1) is 10.1. The smallest absolute Gasteiger partial charge is 0.0548 e. The predicted octanol–water partition coefficient (Wildman–Crippen LogP) is 4.63. The number of hydrogen-bond acceptors (Lipinski definition) is 2. The molecule has 0 aromatic heterocycles. The Bertz CT molecular complexity index is 490. The first kappa shape index (κ1) is 15.8. The summed E-state index contributed by atoms with van der Waals surface area (Å²) in [4.78, 5) is 2.53. The molecule has 2 unspecified atom stereocenters. The summed E-state index contributed by atoms with van der Waals surface area (Å²) in [6, 6.07) is 7.71. The Morgan fingerprint density at radius 2 is 2.10 bits per heavy atom. The highest BCUT2D eigenvalue weighted by molar-refractivity contribution is 9.10. The van der Waals surface area contributed by atoms with Gasteiger partial charge in [0, 0.05) is 23.1 Å². The topological polar surface area (TPSA) is 15.3 Å². The Morgan fingerprint density at radius 3 is 2.81 bits per heavy atom. The van der Waals surface area contributed by atoms with E-state index in [4.69, 9.17) is 11.6 Å². The summed E-state index contributed by atoms with van der Waals surface area (Å²) in [5.74, 6) is 0.686. The van der Waals surface area contributed by atoms with E-state index >= 15 is 0 Å². The molecule has 116 valence electrons. The molecule has 1 N–H and O–H groups in total. The average molecular weight is 372 g/mol. The van der Waals surface area contributed by atoms with E-state index in [1.54, 1.807) is 0 Å². The zero-order chi connectivity index (χ0) is 14.8. The molecule has 0 spiro atoms. The van der Waals surface area contributed by atoms with Gasteiger partial charge in [-0.25, -0.2) is 0 Å². The molecule has 21 heavy (non-hydrogen) atoms. The van der Waals surface area contributed by atoms with Crippen LogP contribution in [-0.4, -0.2) is 31.1 Å². The van der Waals surface area contributed by atoms with E-state index in [2.05, 4.69) is 45.3 Å². The highest BCUT2D eigenvalue weighted by Crippen LogP contribution is 2.37. The first-order valence-electron chi connectivity index (χ1n) is 8.03. The monoisotopic (exact) mass is 370 g/mol. The minimum atomic E-state index is 0.493. The molecule has 1 aromatic carbocycles. The predicted molar refractivity (Wildman–Crippen MR) is 92.9 cm³/mol. The number of likely N-dealkylation sites (tertiary alicyclic amines) is 1. The van der Waals surface area contributed by atoms with Crippen LogP contribution in [0, 0.1) is 5.92 Å². The molecule has 1 saturated heterocycles. The largest absolute Gasteiger partial charge is 0.314 e. The lowest BCUT2D eigenvalue weighted by Crippen LogP contribution is -2.35. The van der Waals surface area contributed by atoms with E-state index in [0.29, 0.717) is 12.0 Å². The third kappa shape index (κ3) is 4.01. The molecule has 2 nitrogen and oxygen atoms in total. The van der Waals surface area contributed by atoms with Crippen molar-refractivity contribution in [3.8, 4) is 0 Å². The SMILES string of the molecule is CN1CCCCC(CNC2CC2)C1c1ccc(Cl)c(Br)c1. The van der Waals surface area contributed by atoms with Gasteiger partial charge < -0.3 is 5.32 Å². The maximum Gasteiger partial charge on any atom is 0.0548 e. The first-order valence-corrected chi connectivity index (χ1v) is 9.21. The molecule has 2 fully saturated rings. The Hall–Kier alpha value is -0.0900. The third-order valence-corrected chi connectivity index (χ3v) is 6.00. The van der Waals surface area contributed by atoms with E-state index < -0.39 is 0 Å². The van der Waals surface area contributed by atoms with Gasteiger partial charge in [-0.3, -0.25) is 4.90 Å². The van der Waals surface area contributed by atoms with E-state index in [1.807, 2.05) is 6.07 Å². The van der Waals surface area contributed by atoms with Crippen molar-refractivity contribution in [1.82, 2.24) is 10.2 Å². The van der Waals surface area contributed by atoms with Crippen molar-refractivity contribution in [2.24, 2.45) is 5.92 Å². The van der Waals surface area contributed by atoms with Crippen molar-refractivity contribution in [1.29, 1.82) is 0 Å². The third-order valence-electron chi connectivity index (χ3n) is 4.79. The molecule has 1 aromatic rings. The minimum Gasteiger partial charge on any atom is -0.314 e. The quantitative estimate of drug-likeness (QED) is 0.830. The molecule has 3 rings (SSSR count). The molecular weight excluding hydrogens is 348 g/mol. The number of rotatable bonds is 4. The van der Waals surface area contributed by atoms with Crippen LogP contribution in [0.3, 0.4) is 0 Å². The molecule has 2 atom stereocenters. The second-order valence-corrected chi connectivity index (χ2v) is 7.80. The van der Waals surface area contributed by atoms with Gasteiger partial charge >= 0.3 is 0 Å². The molecule has 0 amide bonds. The Labute approximate surface area is 141 Å². The minimum absolute atomic E-state index is 0.493. The van der Waals surface area contributed by atoms with Crippen LogP contribution in [-0.2, 0) is 0 Å². The molecule has 1 aliphatic carbocycles. The van der Waals surface area contributed by atoms with Crippen molar-refractivity contribution < 1.29 is 0 Å². The maximum absolute atomic E-state index is 6.16. The number of hydrogen-bond donors (Lipinski definition) is 1. The van der Waals surface area contributed by atoms with Gasteiger partial charge in [0.05, 0.1) is 5.02 Å². The molecule has 4 heteroatoms. The fourth-order valence-electron chi connectivity index (χ4n) is 3.47. The Balaban J connectivity index is 1.81. The zero-order valence-corrected chi connectivity index (χ0v) is 15.0. The number of benzene rings is 1. The molecule has 0 bridgehead atoms. The van der Waals surface area contributed by atoms with Crippen LogP contribution >= 0.6 is 27.5 Å². The number of halogens is 2. The van der Waals surface area contributed by atoms with Crippen molar-refractivity contribution in [2.45, 2.75) is 44.2 Å². The summed E-state index contributed by atoms with van der Waals surface area (Å²) < 4.78 is 1.01. The van der Waals surface area contributed by atoms with Gasteiger partial charge in [0.1, 0.15) is 0 Å². The molecule has 1 aliphatic heterocycles. The van der Waals surface area contributed by atoms with Crippen LogP contribution in [0.15, 0.2) is 22.7 Å². The summed E-state index contributed by atoms with van der Waals surface area (Å²) in [5, 5.41) is 4.53. The Kier molecular flexibility index (Phi) is 5.26. The molecule has 1 saturated carbocycles. The van der Waals surface area contributed by atoms with Crippen LogP contribution in [0.25, 0.3) is 0 Å². The van der Waals surface area contributed by atoms with Crippen LogP contribution in [0.2, 0.25) is 5.02 Å².